The van der Waals surface area contributed by atoms with E-state index in [2.05, 4.69) is 10.6 Å². The Morgan fingerprint density at radius 2 is 1.77 bits per heavy atom. The minimum absolute atomic E-state index is 0.0896. The SMILES string of the molecule is COc1ccc(C(CC(=O)NCCSc2ccccc2)NC(C)=O)cc1. The minimum atomic E-state index is -0.361. The summed E-state index contributed by atoms with van der Waals surface area (Å²) >= 11 is 1.69. The van der Waals surface area contributed by atoms with Crippen molar-refractivity contribution in [2.75, 3.05) is 19.4 Å². The number of hydrogen-bond donors (Lipinski definition) is 2. The minimum Gasteiger partial charge on any atom is -0.497 e. The molecule has 0 aliphatic carbocycles. The van der Waals surface area contributed by atoms with E-state index in [0.717, 1.165) is 17.1 Å². The summed E-state index contributed by atoms with van der Waals surface area (Å²) < 4.78 is 5.14. The maximum Gasteiger partial charge on any atom is 0.222 e. The lowest BCUT2D eigenvalue weighted by atomic mass is 10.0. The number of amides is 2. The number of ether oxygens (including phenoxy) is 1. The van der Waals surface area contributed by atoms with E-state index in [1.54, 1.807) is 18.9 Å². The van der Waals surface area contributed by atoms with Crippen LogP contribution in [0.4, 0.5) is 0 Å². The van der Waals surface area contributed by atoms with Crippen molar-refractivity contribution in [3.63, 3.8) is 0 Å². The van der Waals surface area contributed by atoms with Gasteiger partial charge in [0.25, 0.3) is 0 Å². The van der Waals surface area contributed by atoms with Gasteiger partial charge < -0.3 is 15.4 Å². The molecule has 0 heterocycles. The molecule has 2 amide bonds. The monoisotopic (exact) mass is 372 g/mol. The first-order valence-corrected chi connectivity index (χ1v) is 9.42. The molecule has 2 aromatic carbocycles. The van der Waals surface area contributed by atoms with Crippen molar-refractivity contribution in [2.45, 2.75) is 24.3 Å². The molecular weight excluding hydrogens is 348 g/mol. The zero-order valence-corrected chi connectivity index (χ0v) is 15.8. The summed E-state index contributed by atoms with van der Waals surface area (Å²) in [5.74, 6) is 1.27. The third kappa shape index (κ3) is 6.80. The molecule has 0 saturated heterocycles. The average molecular weight is 372 g/mol. The second-order valence-electron chi connectivity index (χ2n) is 5.74. The fourth-order valence-electron chi connectivity index (χ4n) is 2.47. The lowest BCUT2D eigenvalue weighted by Crippen LogP contribution is -2.33. The molecule has 2 rings (SSSR count). The third-order valence-electron chi connectivity index (χ3n) is 3.72. The van der Waals surface area contributed by atoms with Crippen molar-refractivity contribution in [2.24, 2.45) is 0 Å². The van der Waals surface area contributed by atoms with E-state index >= 15 is 0 Å². The first-order valence-electron chi connectivity index (χ1n) is 8.44. The number of methoxy groups -OCH3 is 1. The molecule has 26 heavy (non-hydrogen) atoms. The standard InChI is InChI=1S/C20H24N2O3S/c1-15(23)22-19(16-8-10-17(25-2)11-9-16)14-20(24)21-12-13-26-18-6-4-3-5-7-18/h3-11,19H,12-14H2,1-2H3,(H,21,24)(H,22,23). The highest BCUT2D eigenvalue weighted by atomic mass is 32.2. The van der Waals surface area contributed by atoms with Crippen LogP contribution in [0.2, 0.25) is 0 Å². The molecule has 6 heteroatoms. The van der Waals surface area contributed by atoms with E-state index in [1.165, 1.54) is 11.8 Å². The van der Waals surface area contributed by atoms with Crippen molar-refractivity contribution in [3.05, 3.63) is 60.2 Å². The van der Waals surface area contributed by atoms with Crippen LogP contribution in [0.5, 0.6) is 5.75 Å². The van der Waals surface area contributed by atoms with Crippen LogP contribution in [-0.2, 0) is 9.59 Å². The fraction of sp³-hybridized carbons (Fsp3) is 0.300. The van der Waals surface area contributed by atoms with Gasteiger partial charge >= 0.3 is 0 Å². The molecule has 0 aliphatic heterocycles. The summed E-state index contributed by atoms with van der Waals surface area (Å²) in [6, 6.07) is 17.0. The van der Waals surface area contributed by atoms with Gasteiger partial charge in [0, 0.05) is 24.1 Å². The maximum atomic E-state index is 12.2. The number of benzene rings is 2. The molecule has 2 N–H and O–H groups in total. The summed E-state index contributed by atoms with van der Waals surface area (Å²) in [7, 11) is 1.60. The highest BCUT2D eigenvalue weighted by Gasteiger charge is 2.17. The molecule has 0 aromatic heterocycles. The van der Waals surface area contributed by atoms with Gasteiger partial charge in [-0.1, -0.05) is 30.3 Å². The molecule has 1 unspecified atom stereocenters. The number of hydrogen-bond acceptors (Lipinski definition) is 4. The molecule has 2 aromatic rings. The first-order chi connectivity index (χ1) is 12.6. The highest BCUT2D eigenvalue weighted by molar-refractivity contribution is 7.99. The van der Waals surface area contributed by atoms with Gasteiger partial charge in [-0.05, 0) is 29.8 Å². The third-order valence-corrected chi connectivity index (χ3v) is 4.74. The van der Waals surface area contributed by atoms with E-state index in [-0.39, 0.29) is 24.3 Å². The van der Waals surface area contributed by atoms with Gasteiger partial charge in [0.05, 0.1) is 19.6 Å². The van der Waals surface area contributed by atoms with Crippen LogP contribution in [0.1, 0.15) is 24.9 Å². The molecule has 0 radical (unpaired) electrons. The van der Waals surface area contributed by atoms with Crippen molar-refractivity contribution >= 4 is 23.6 Å². The zero-order chi connectivity index (χ0) is 18.8. The average Bonchev–Trinajstić information content (AvgIpc) is 2.65. The molecule has 0 bridgehead atoms. The van der Waals surface area contributed by atoms with Crippen LogP contribution in [0.3, 0.4) is 0 Å². The number of rotatable bonds is 9. The quantitative estimate of drug-likeness (QED) is 0.524. The Labute approximate surface area is 158 Å². The summed E-state index contributed by atoms with van der Waals surface area (Å²) in [4.78, 5) is 24.9. The van der Waals surface area contributed by atoms with E-state index in [9.17, 15) is 9.59 Å². The van der Waals surface area contributed by atoms with Crippen molar-refractivity contribution < 1.29 is 14.3 Å². The molecule has 0 fully saturated rings. The van der Waals surface area contributed by atoms with E-state index < -0.39 is 0 Å². The predicted molar refractivity (Wildman–Crippen MR) is 104 cm³/mol. The topological polar surface area (TPSA) is 67.4 Å². The lowest BCUT2D eigenvalue weighted by Gasteiger charge is -2.18. The summed E-state index contributed by atoms with van der Waals surface area (Å²) in [6.07, 6.45) is 0.196. The Balaban J connectivity index is 1.84. The zero-order valence-electron chi connectivity index (χ0n) is 15.0. The second kappa shape index (κ2) is 10.5. The van der Waals surface area contributed by atoms with Gasteiger partial charge in [0.15, 0.2) is 0 Å². The second-order valence-corrected chi connectivity index (χ2v) is 6.91. The number of carbonyl (C=O) groups is 2. The van der Waals surface area contributed by atoms with E-state index in [0.29, 0.717) is 6.54 Å². The van der Waals surface area contributed by atoms with E-state index in [4.69, 9.17) is 4.74 Å². The Morgan fingerprint density at radius 1 is 1.08 bits per heavy atom. The van der Waals surface area contributed by atoms with Gasteiger partial charge in [0.1, 0.15) is 5.75 Å². The smallest absolute Gasteiger partial charge is 0.222 e. The van der Waals surface area contributed by atoms with Gasteiger partial charge in [-0.15, -0.1) is 11.8 Å². The van der Waals surface area contributed by atoms with E-state index in [1.807, 2.05) is 54.6 Å². The summed E-state index contributed by atoms with van der Waals surface area (Å²) in [6.45, 7) is 2.03. The van der Waals surface area contributed by atoms with Crippen LogP contribution in [0.25, 0.3) is 0 Å². The van der Waals surface area contributed by atoms with Gasteiger partial charge in [-0.3, -0.25) is 9.59 Å². The molecule has 5 nitrogen and oxygen atoms in total. The molecule has 1 atom stereocenters. The van der Waals surface area contributed by atoms with Gasteiger partial charge in [0.2, 0.25) is 11.8 Å². The van der Waals surface area contributed by atoms with Crippen LogP contribution in [0.15, 0.2) is 59.5 Å². The maximum absolute atomic E-state index is 12.2. The largest absolute Gasteiger partial charge is 0.497 e. The van der Waals surface area contributed by atoms with Gasteiger partial charge in [-0.25, -0.2) is 0 Å². The predicted octanol–water partition coefficient (Wildman–Crippen LogP) is 3.17. The van der Waals surface area contributed by atoms with Crippen molar-refractivity contribution in [1.29, 1.82) is 0 Å². The molecular formula is C20H24N2O3S. The Hall–Kier alpha value is -2.47. The summed E-state index contributed by atoms with van der Waals surface area (Å²) in [5, 5.41) is 5.75. The summed E-state index contributed by atoms with van der Waals surface area (Å²) in [5.41, 5.74) is 0.870. The highest BCUT2D eigenvalue weighted by Crippen LogP contribution is 2.20. The van der Waals surface area contributed by atoms with Crippen LogP contribution in [0, 0.1) is 0 Å². The fourth-order valence-corrected chi connectivity index (χ4v) is 3.26. The lowest BCUT2D eigenvalue weighted by molar-refractivity contribution is -0.122. The normalized spacial score (nSPS) is 11.5. The number of thioether (sulfide) groups is 1. The Morgan fingerprint density at radius 3 is 2.38 bits per heavy atom. The molecule has 0 aliphatic rings. The molecule has 138 valence electrons. The number of carbonyl (C=O) groups excluding carboxylic acids is 2. The Kier molecular flexibility index (Phi) is 8.02. The van der Waals surface area contributed by atoms with Crippen LogP contribution < -0.4 is 15.4 Å². The Bertz CT molecular complexity index is 705. The van der Waals surface area contributed by atoms with Crippen LogP contribution >= 0.6 is 11.8 Å². The number of nitrogens with one attached hydrogen (secondary N) is 2. The molecule has 0 saturated carbocycles. The van der Waals surface area contributed by atoms with Crippen molar-refractivity contribution in [3.8, 4) is 5.75 Å². The van der Waals surface area contributed by atoms with Gasteiger partial charge in [-0.2, -0.15) is 0 Å². The first kappa shape index (κ1) is 19.8. The van der Waals surface area contributed by atoms with Crippen LogP contribution in [-0.4, -0.2) is 31.2 Å². The molecule has 0 spiro atoms. The van der Waals surface area contributed by atoms with Crippen molar-refractivity contribution in [1.82, 2.24) is 10.6 Å².